The highest BCUT2D eigenvalue weighted by molar-refractivity contribution is 6.37. The Morgan fingerprint density at radius 2 is 1.54 bits per heavy atom. The molecular weight excluding hydrogens is 396 g/mol. The molecule has 0 saturated carbocycles. The van der Waals surface area contributed by atoms with Crippen molar-refractivity contribution in [2.75, 3.05) is 0 Å². The standard InChI is InChI=1S/C16H11Cl4NO3/c17-8-1-3-10(12(19)5-8)14(7-15(22)23)21-16(24)11-4-2-9(18)6-13(11)20/h1-6,14H,7H2,(H,21,24)(H,22,23). The Balaban J connectivity index is 2.31. The first kappa shape index (κ1) is 18.9. The molecule has 0 aromatic heterocycles. The fraction of sp³-hybridized carbons (Fsp3) is 0.125. The van der Waals surface area contributed by atoms with Crippen molar-refractivity contribution < 1.29 is 14.7 Å². The fourth-order valence-corrected chi connectivity index (χ4v) is 3.14. The molecule has 2 N–H and O–H groups in total. The molecule has 2 aromatic carbocycles. The zero-order valence-electron chi connectivity index (χ0n) is 12.0. The molecular formula is C16H11Cl4NO3. The third kappa shape index (κ3) is 4.77. The molecule has 1 amide bonds. The van der Waals surface area contributed by atoms with Gasteiger partial charge in [-0.2, -0.15) is 0 Å². The first-order valence-electron chi connectivity index (χ1n) is 6.70. The molecule has 2 aromatic rings. The van der Waals surface area contributed by atoms with E-state index in [-0.39, 0.29) is 22.0 Å². The number of aliphatic carboxylic acids is 1. The normalized spacial score (nSPS) is 11.8. The number of hydrogen-bond acceptors (Lipinski definition) is 2. The third-order valence-corrected chi connectivity index (χ3v) is 4.31. The molecule has 4 nitrogen and oxygen atoms in total. The minimum Gasteiger partial charge on any atom is -0.481 e. The second kappa shape index (κ2) is 8.08. The van der Waals surface area contributed by atoms with E-state index in [1.807, 2.05) is 0 Å². The van der Waals surface area contributed by atoms with E-state index < -0.39 is 17.9 Å². The molecule has 0 radical (unpaired) electrons. The van der Waals surface area contributed by atoms with Crippen molar-refractivity contribution in [3.63, 3.8) is 0 Å². The van der Waals surface area contributed by atoms with Crippen molar-refractivity contribution in [2.45, 2.75) is 12.5 Å². The average molecular weight is 407 g/mol. The largest absolute Gasteiger partial charge is 0.481 e. The summed E-state index contributed by atoms with van der Waals surface area (Å²) in [4.78, 5) is 23.5. The maximum absolute atomic E-state index is 12.4. The van der Waals surface area contributed by atoms with Crippen LogP contribution in [0.3, 0.4) is 0 Å². The molecule has 0 heterocycles. The smallest absolute Gasteiger partial charge is 0.305 e. The summed E-state index contributed by atoms with van der Waals surface area (Å²) < 4.78 is 0. The Kier molecular flexibility index (Phi) is 6.35. The number of benzene rings is 2. The van der Waals surface area contributed by atoms with E-state index in [0.29, 0.717) is 15.6 Å². The van der Waals surface area contributed by atoms with Gasteiger partial charge in [0.25, 0.3) is 5.91 Å². The average Bonchev–Trinajstić information content (AvgIpc) is 2.45. The number of carbonyl (C=O) groups is 2. The molecule has 0 saturated heterocycles. The van der Waals surface area contributed by atoms with Gasteiger partial charge in [-0.05, 0) is 35.9 Å². The summed E-state index contributed by atoms with van der Waals surface area (Å²) in [6, 6.07) is 8.19. The number of rotatable bonds is 5. The molecule has 0 spiro atoms. The van der Waals surface area contributed by atoms with Gasteiger partial charge in [0.2, 0.25) is 0 Å². The Hall–Kier alpha value is -1.46. The topological polar surface area (TPSA) is 66.4 Å². The Morgan fingerprint density at radius 1 is 0.958 bits per heavy atom. The van der Waals surface area contributed by atoms with Crippen molar-refractivity contribution in [1.82, 2.24) is 5.32 Å². The lowest BCUT2D eigenvalue weighted by atomic mass is 10.0. The number of carbonyl (C=O) groups excluding carboxylic acids is 1. The first-order valence-corrected chi connectivity index (χ1v) is 8.21. The summed E-state index contributed by atoms with van der Waals surface area (Å²) in [7, 11) is 0. The summed E-state index contributed by atoms with van der Waals surface area (Å²) in [5, 5.41) is 12.9. The lowest BCUT2D eigenvalue weighted by Gasteiger charge is -2.19. The quantitative estimate of drug-likeness (QED) is 0.712. The number of hydrogen-bond donors (Lipinski definition) is 2. The van der Waals surface area contributed by atoms with Crippen LogP contribution in [0, 0.1) is 0 Å². The van der Waals surface area contributed by atoms with Crippen molar-refractivity contribution in [3.8, 4) is 0 Å². The van der Waals surface area contributed by atoms with E-state index >= 15 is 0 Å². The van der Waals surface area contributed by atoms with Gasteiger partial charge >= 0.3 is 5.97 Å². The van der Waals surface area contributed by atoms with Crippen LogP contribution in [-0.2, 0) is 4.79 Å². The molecule has 0 bridgehead atoms. The second-order valence-corrected chi connectivity index (χ2v) is 6.60. The van der Waals surface area contributed by atoms with Crippen molar-refractivity contribution in [2.24, 2.45) is 0 Å². The van der Waals surface area contributed by atoms with Gasteiger partial charge in [-0.15, -0.1) is 0 Å². The summed E-state index contributed by atoms with van der Waals surface area (Å²) in [5.41, 5.74) is 0.628. The van der Waals surface area contributed by atoms with Gasteiger partial charge in [-0.3, -0.25) is 9.59 Å². The maximum Gasteiger partial charge on any atom is 0.305 e. The molecule has 1 unspecified atom stereocenters. The fourth-order valence-electron chi connectivity index (χ4n) is 2.11. The highest BCUT2D eigenvalue weighted by atomic mass is 35.5. The van der Waals surface area contributed by atoms with E-state index in [9.17, 15) is 9.59 Å². The number of nitrogens with one attached hydrogen (secondary N) is 1. The summed E-state index contributed by atoms with van der Waals surface area (Å²) in [5.74, 6) is -1.62. The van der Waals surface area contributed by atoms with Gasteiger partial charge < -0.3 is 10.4 Å². The maximum atomic E-state index is 12.4. The molecule has 0 aliphatic carbocycles. The van der Waals surface area contributed by atoms with E-state index in [0.717, 1.165) is 0 Å². The molecule has 8 heteroatoms. The number of amides is 1. The Morgan fingerprint density at radius 3 is 2.08 bits per heavy atom. The summed E-state index contributed by atoms with van der Waals surface area (Å²) >= 11 is 23.8. The zero-order valence-corrected chi connectivity index (χ0v) is 15.0. The van der Waals surface area contributed by atoms with E-state index in [1.54, 1.807) is 12.1 Å². The Bertz CT molecular complexity index is 795. The van der Waals surface area contributed by atoms with Crippen LogP contribution in [-0.4, -0.2) is 17.0 Å². The van der Waals surface area contributed by atoms with Crippen LogP contribution in [0.4, 0.5) is 0 Å². The van der Waals surface area contributed by atoms with Crippen LogP contribution in [0.5, 0.6) is 0 Å². The highest BCUT2D eigenvalue weighted by Gasteiger charge is 2.22. The predicted molar refractivity (Wildman–Crippen MR) is 95.4 cm³/mol. The van der Waals surface area contributed by atoms with Gasteiger partial charge in [-0.25, -0.2) is 0 Å². The molecule has 0 aliphatic rings. The number of carboxylic acid groups (broad SMARTS) is 1. The Labute approximate surface area is 158 Å². The van der Waals surface area contributed by atoms with Gasteiger partial charge in [0, 0.05) is 15.1 Å². The molecule has 0 fully saturated rings. The molecule has 126 valence electrons. The minimum absolute atomic E-state index is 0.163. The number of halogens is 4. The van der Waals surface area contributed by atoms with Crippen LogP contribution >= 0.6 is 46.4 Å². The number of carboxylic acids is 1. The summed E-state index contributed by atoms with van der Waals surface area (Å²) in [6.07, 6.45) is -0.349. The zero-order chi connectivity index (χ0) is 17.9. The molecule has 0 aliphatic heterocycles. The van der Waals surface area contributed by atoms with E-state index in [1.165, 1.54) is 24.3 Å². The van der Waals surface area contributed by atoms with Crippen LogP contribution in [0.2, 0.25) is 20.1 Å². The van der Waals surface area contributed by atoms with Crippen LogP contribution in [0.15, 0.2) is 36.4 Å². The molecule has 2 rings (SSSR count). The van der Waals surface area contributed by atoms with Crippen molar-refractivity contribution in [1.29, 1.82) is 0 Å². The first-order chi connectivity index (χ1) is 11.3. The monoisotopic (exact) mass is 405 g/mol. The second-order valence-electron chi connectivity index (χ2n) is 4.91. The van der Waals surface area contributed by atoms with Gasteiger partial charge in [-0.1, -0.05) is 52.5 Å². The third-order valence-electron chi connectivity index (χ3n) is 3.20. The molecule has 24 heavy (non-hydrogen) atoms. The van der Waals surface area contributed by atoms with E-state index in [2.05, 4.69) is 5.32 Å². The van der Waals surface area contributed by atoms with E-state index in [4.69, 9.17) is 51.5 Å². The SMILES string of the molecule is O=C(O)CC(NC(=O)c1ccc(Cl)cc1Cl)c1ccc(Cl)cc1Cl. The lowest BCUT2D eigenvalue weighted by molar-refractivity contribution is -0.137. The van der Waals surface area contributed by atoms with Gasteiger partial charge in [0.15, 0.2) is 0 Å². The summed E-state index contributed by atoms with van der Waals surface area (Å²) in [6.45, 7) is 0. The molecule has 1 atom stereocenters. The van der Waals surface area contributed by atoms with Crippen LogP contribution in [0.25, 0.3) is 0 Å². The minimum atomic E-state index is -1.09. The highest BCUT2D eigenvalue weighted by Crippen LogP contribution is 2.29. The van der Waals surface area contributed by atoms with Crippen LogP contribution in [0.1, 0.15) is 28.4 Å². The van der Waals surface area contributed by atoms with Crippen LogP contribution < -0.4 is 5.32 Å². The predicted octanol–water partition coefficient (Wildman–Crippen LogP) is 5.25. The van der Waals surface area contributed by atoms with Crippen molar-refractivity contribution in [3.05, 3.63) is 67.6 Å². The lowest BCUT2D eigenvalue weighted by Crippen LogP contribution is -2.30. The van der Waals surface area contributed by atoms with Gasteiger partial charge in [0.05, 0.1) is 23.0 Å². The van der Waals surface area contributed by atoms with Gasteiger partial charge in [0.1, 0.15) is 0 Å². The van der Waals surface area contributed by atoms with Crippen molar-refractivity contribution >= 4 is 58.3 Å².